The van der Waals surface area contributed by atoms with Crippen LogP contribution in [0.3, 0.4) is 0 Å². The summed E-state index contributed by atoms with van der Waals surface area (Å²) in [4.78, 5) is 13.8. The second-order valence-electron chi connectivity index (χ2n) is 5.40. The van der Waals surface area contributed by atoms with Crippen LogP contribution in [0.4, 0.5) is 0 Å². The van der Waals surface area contributed by atoms with Crippen LogP contribution in [-0.2, 0) is 4.79 Å². The van der Waals surface area contributed by atoms with E-state index >= 15 is 0 Å². The molecular formula is C16H24N2O. The summed E-state index contributed by atoms with van der Waals surface area (Å²) in [6.07, 6.45) is 1.72. The number of amides is 1. The Kier molecular flexibility index (Phi) is 4.59. The lowest BCUT2D eigenvalue weighted by Gasteiger charge is -2.25. The first-order valence-corrected chi connectivity index (χ1v) is 7.20. The average molecular weight is 260 g/mol. The summed E-state index contributed by atoms with van der Waals surface area (Å²) < 4.78 is 0. The largest absolute Gasteiger partial charge is 0.341 e. The Morgan fingerprint density at radius 3 is 2.68 bits per heavy atom. The summed E-state index contributed by atoms with van der Waals surface area (Å²) >= 11 is 0. The normalized spacial score (nSPS) is 17.0. The number of hydrogen-bond donors (Lipinski definition) is 1. The Morgan fingerprint density at radius 2 is 2.11 bits per heavy atom. The van der Waals surface area contributed by atoms with Crippen molar-refractivity contribution < 1.29 is 4.79 Å². The number of likely N-dealkylation sites (tertiary alicyclic amines) is 1. The highest BCUT2D eigenvalue weighted by Crippen LogP contribution is 2.20. The van der Waals surface area contributed by atoms with Gasteiger partial charge >= 0.3 is 0 Å². The van der Waals surface area contributed by atoms with Crippen LogP contribution in [0.1, 0.15) is 42.5 Å². The molecule has 1 aliphatic heterocycles. The van der Waals surface area contributed by atoms with Gasteiger partial charge in [0.2, 0.25) is 5.91 Å². The van der Waals surface area contributed by atoms with Gasteiger partial charge in [-0.1, -0.05) is 25.1 Å². The fourth-order valence-electron chi connectivity index (χ4n) is 2.63. The van der Waals surface area contributed by atoms with Crippen LogP contribution in [0.2, 0.25) is 0 Å². The number of rotatable bonds is 5. The number of nitrogens with one attached hydrogen (secondary N) is 1. The molecule has 0 radical (unpaired) electrons. The van der Waals surface area contributed by atoms with Crippen LogP contribution in [0.15, 0.2) is 18.2 Å². The quantitative estimate of drug-likeness (QED) is 0.882. The summed E-state index contributed by atoms with van der Waals surface area (Å²) in [5.41, 5.74) is 3.91. The zero-order valence-electron chi connectivity index (χ0n) is 12.2. The molecule has 1 saturated heterocycles. The Hall–Kier alpha value is -1.35. The van der Waals surface area contributed by atoms with Gasteiger partial charge in [-0.15, -0.1) is 0 Å². The third kappa shape index (κ3) is 3.35. The van der Waals surface area contributed by atoms with E-state index in [1.54, 1.807) is 0 Å². The number of carbonyl (C=O) groups is 1. The van der Waals surface area contributed by atoms with Crippen molar-refractivity contribution in [1.82, 2.24) is 10.2 Å². The molecule has 1 unspecified atom stereocenters. The predicted molar refractivity (Wildman–Crippen MR) is 78.1 cm³/mol. The molecule has 1 fully saturated rings. The summed E-state index contributed by atoms with van der Waals surface area (Å²) in [5.74, 6) is 0.298. The van der Waals surface area contributed by atoms with Gasteiger partial charge in [0.1, 0.15) is 0 Å². The molecule has 1 aromatic rings. The Labute approximate surface area is 116 Å². The van der Waals surface area contributed by atoms with Crippen molar-refractivity contribution in [2.24, 2.45) is 0 Å². The maximum Gasteiger partial charge on any atom is 0.222 e. The first-order chi connectivity index (χ1) is 9.11. The molecular weight excluding hydrogens is 236 g/mol. The highest BCUT2D eigenvalue weighted by molar-refractivity contribution is 5.78. The SMILES string of the molecule is CCNC(CN1CCCC1=O)c1ccc(C)c(C)c1. The molecule has 104 valence electrons. The van der Waals surface area contributed by atoms with Crippen molar-refractivity contribution >= 4 is 5.91 Å². The van der Waals surface area contributed by atoms with Crippen molar-refractivity contribution in [1.29, 1.82) is 0 Å². The van der Waals surface area contributed by atoms with Gasteiger partial charge in [-0.2, -0.15) is 0 Å². The molecule has 1 aromatic carbocycles. The lowest BCUT2D eigenvalue weighted by molar-refractivity contribution is -0.128. The summed E-state index contributed by atoms with van der Waals surface area (Å²) in [6, 6.07) is 6.83. The Morgan fingerprint density at radius 1 is 1.32 bits per heavy atom. The van der Waals surface area contributed by atoms with E-state index in [2.05, 4.69) is 44.3 Å². The Bertz CT molecular complexity index is 456. The van der Waals surface area contributed by atoms with Crippen LogP contribution in [0.5, 0.6) is 0 Å². The number of carbonyl (C=O) groups excluding carboxylic acids is 1. The van der Waals surface area contributed by atoms with E-state index in [1.807, 2.05) is 4.90 Å². The molecule has 19 heavy (non-hydrogen) atoms. The number of aryl methyl sites for hydroxylation is 2. The molecule has 1 aliphatic rings. The highest BCUT2D eigenvalue weighted by Gasteiger charge is 2.23. The molecule has 2 rings (SSSR count). The minimum Gasteiger partial charge on any atom is -0.341 e. The van der Waals surface area contributed by atoms with Gasteiger partial charge in [0.05, 0.1) is 0 Å². The van der Waals surface area contributed by atoms with Crippen molar-refractivity contribution in [3.8, 4) is 0 Å². The van der Waals surface area contributed by atoms with E-state index in [0.717, 1.165) is 26.1 Å². The number of hydrogen-bond acceptors (Lipinski definition) is 2. The molecule has 0 aliphatic carbocycles. The van der Waals surface area contributed by atoms with Gasteiger partial charge in [-0.25, -0.2) is 0 Å². The molecule has 3 nitrogen and oxygen atoms in total. The number of benzene rings is 1. The fourth-order valence-corrected chi connectivity index (χ4v) is 2.63. The van der Waals surface area contributed by atoms with Gasteiger partial charge in [0.25, 0.3) is 0 Å². The van der Waals surface area contributed by atoms with Gasteiger partial charge in [-0.3, -0.25) is 4.79 Å². The molecule has 0 saturated carbocycles. The van der Waals surface area contributed by atoms with Gasteiger partial charge in [0.15, 0.2) is 0 Å². The smallest absolute Gasteiger partial charge is 0.222 e. The third-order valence-corrected chi connectivity index (χ3v) is 3.96. The first kappa shape index (κ1) is 14.1. The fraction of sp³-hybridized carbons (Fsp3) is 0.562. The summed E-state index contributed by atoms with van der Waals surface area (Å²) in [5, 5.41) is 3.50. The second-order valence-corrected chi connectivity index (χ2v) is 5.40. The van der Waals surface area contributed by atoms with Crippen LogP contribution in [-0.4, -0.2) is 30.4 Å². The van der Waals surface area contributed by atoms with Gasteiger partial charge in [0, 0.05) is 25.6 Å². The minimum atomic E-state index is 0.242. The molecule has 0 spiro atoms. The van der Waals surface area contributed by atoms with Crippen LogP contribution < -0.4 is 5.32 Å². The molecule has 1 amide bonds. The topological polar surface area (TPSA) is 32.3 Å². The monoisotopic (exact) mass is 260 g/mol. The number of nitrogens with zero attached hydrogens (tertiary/aromatic N) is 1. The number of likely N-dealkylation sites (N-methyl/N-ethyl adjacent to an activating group) is 1. The first-order valence-electron chi connectivity index (χ1n) is 7.20. The zero-order chi connectivity index (χ0) is 13.8. The average Bonchev–Trinajstić information content (AvgIpc) is 2.78. The van der Waals surface area contributed by atoms with E-state index in [4.69, 9.17) is 0 Å². The van der Waals surface area contributed by atoms with Crippen molar-refractivity contribution in [2.45, 2.75) is 39.7 Å². The summed E-state index contributed by atoms with van der Waals surface area (Å²) in [7, 11) is 0. The molecule has 1 N–H and O–H groups in total. The predicted octanol–water partition coefficient (Wildman–Crippen LogP) is 2.58. The van der Waals surface area contributed by atoms with Crippen LogP contribution in [0.25, 0.3) is 0 Å². The minimum absolute atomic E-state index is 0.242. The summed E-state index contributed by atoms with van der Waals surface area (Å²) in [6.45, 7) is 8.99. The molecule has 1 atom stereocenters. The van der Waals surface area contributed by atoms with E-state index in [0.29, 0.717) is 12.3 Å². The molecule has 0 bridgehead atoms. The van der Waals surface area contributed by atoms with Crippen LogP contribution >= 0.6 is 0 Å². The van der Waals surface area contributed by atoms with Gasteiger partial charge in [-0.05, 0) is 43.5 Å². The maximum absolute atomic E-state index is 11.8. The van der Waals surface area contributed by atoms with E-state index in [9.17, 15) is 4.79 Å². The lowest BCUT2D eigenvalue weighted by Crippen LogP contribution is -2.36. The van der Waals surface area contributed by atoms with Gasteiger partial charge < -0.3 is 10.2 Å². The lowest BCUT2D eigenvalue weighted by atomic mass is 10.0. The molecule has 1 heterocycles. The Balaban J connectivity index is 2.14. The van der Waals surface area contributed by atoms with E-state index in [1.165, 1.54) is 16.7 Å². The van der Waals surface area contributed by atoms with E-state index < -0.39 is 0 Å². The van der Waals surface area contributed by atoms with Crippen molar-refractivity contribution in [3.63, 3.8) is 0 Å². The standard InChI is InChI=1S/C16H24N2O/c1-4-17-15(11-18-9-5-6-16(18)19)14-8-7-12(2)13(3)10-14/h7-8,10,15,17H,4-6,9,11H2,1-3H3. The molecule has 3 heteroatoms. The van der Waals surface area contributed by atoms with E-state index in [-0.39, 0.29) is 6.04 Å². The second kappa shape index (κ2) is 6.20. The van der Waals surface area contributed by atoms with Crippen LogP contribution in [0, 0.1) is 13.8 Å². The highest BCUT2D eigenvalue weighted by atomic mass is 16.2. The zero-order valence-corrected chi connectivity index (χ0v) is 12.2. The third-order valence-electron chi connectivity index (χ3n) is 3.96. The van der Waals surface area contributed by atoms with Crippen molar-refractivity contribution in [2.75, 3.05) is 19.6 Å². The van der Waals surface area contributed by atoms with Crippen molar-refractivity contribution in [3.05, 3.63) is 34.9 Å². The maximum atomic E-state index is 11.8. The molecule has 0 aromatic heterocycles.